The van der Waals surface area contributed by atoms with Crippen LogP contribution in [0.5, 0.6) is 0 Å². The zero-order valence-corrected chi connectivity index (χ0v) is 10.6. The van der Waals surface area contributed by atoms with Crippen molar-refractivity contribution in [3.63, 3.8) is 0 Å². The van der Waals surface area contributed by atoms with E-state index in [0.717, 1.165) is 38.5 Å². The molecule has 100 valence electrons. The Morgan fingerprint density at radius 3 is 1.61 bits per heavy atom. The van der Waals surface area contributed by atoms with E-state index < -0.39 is 0 Å². The summed E-state index contributed by atoms with van der Waals surface area (Å²) < 4.78 is 10.0. The fraction of sp³-hybridized carbons (Fsp3) is 0.571. The predicted octanol–water partition coefficient (Wildman–Crippen LogP) is 2.54. The molecule has 4 heteroatoms. The predicted molar refractivity (Wildman–Crippen MR) is 67.9 cm³/mol. The molecule has 0 bridgehead atoms. The van der Waals surface area contributed by atoms with E-state index in [1.807, 2.05) is 0 Å². The Hall–Kier alpha value is -1.58. The van der Waals surface area contributed by atoms with E-state index in [4.69, 9.17) is 9.47 Å². The average molecular weight is 252 g/mol. The first-order valence-corrected chi connectivity index (χ1v) is 6.45. The number of carbonyl (C=O) groups is 2. The third kappa shape index (κ3) is 7.65. The van der Waals surface area contributed by atoms with Gasteiger partial charge in [0.05, 0.1) is 13.2 Å². The largest absolute Gasteiger partial charge is 0.463 e. The Kier molecular flexibility index (Phi) is 7.60. The number of hydrogen-bond donors (Lipinski definition) is 0. The van der Waals surface area contributed by atoms with Crippen molar-refractivity contribution in [2.45, 2.75) is 38.5 Å². The van der Waals surface area contributed by atoms with E-state index in [1.165, 1.54) is 12.2 Å². The molecule has 0 atom stereocenters. The molecule has 1 aliphatic rings. The van der Waals surface area contributed by atoms with Crippen LogP contribution in [0.1, 0.15) is 38.5 Å². The summed E-state index contributed by atoms with van der Waals surface area (Å²) in [6, 6.07) is 0. The molecule has 1 rings (SSSR count). The normalized spacial score (nSPS) is 23.8. The van der Waals surface area contributed by atoms with Crippen molar-refractivity contribution in [2.75, 3.05) is 13.2 Å². The summed E-state index contributed by atoms with van der Waals surface area (Å²) in [5.41, 5.74) is 0. The van der Waals surface area contributed by atoms with Crippen molar-refractivity contribution in [2.24, 2.45) is 0 Å². The monoisotopic (exact) mass is 252 g/mol. The third-order valence-electron chi connectivity index (χ3n) is 2.53. The van der Waals surface area contributed by atoms with Gasteiger partial charge in [-0.15, -0.1) is 0 Å². The maximum Gasteiger partial charge on any atom is 0.330 e. The van der Waals surface area contributed by atoms with Gasteiger partial charge in [-0.1, -0.05) is 12.2 Å². The van der Waals surface area contributed by atoms with Crippen molar-refractivity contribution < 1.29 is 19.1 Å². The SMILES string of the molecule is O=C1/C=C/CCCCOC(=O)/C=C/CCCCO1. The first kappa shape index (κ1) is 14.5. The maximum atomic E-state index is 11.2. The van der Waals surface area contributed by atoms with Crippen LogP contribution in [0, 0.1) is 0 Å². The van der Waals surface area contributed by atoms with Crippen molar-refractivity contribution in [3.8, 4) is 0 Å². The van der Waals surface area contributed by atoms with Crippen molar-refractivity contribution in [1.82, 2.24) is 0 Å². The molecule has 0 aromatic heterocycles. The second kappa shape index (κ2) is 9.45. The van der Waals surface area contributed by atoms with Crippen LogP contribution in [0.15, 0.2) is 24.3 Å². The third-order valence-corrected chi connectivity index (χ3v) is 2.53. The number of ether oxygens (including phenoxy) is 2. The van der Waals surface area contributed by atoms with Gasteiger partial charge in [-0.3, -0.25) is 0 Å². The number of rotatable bonds is 0. The highest BCUT2D eigenvalue weighted by Gasteiger charge is 1.99. The summed E-state index contributed by atoms with van der Waals surface area (Å²) in [7, 11) is 0. The minimum absolute atomic E-state index is 0.274. The van der Waals surface area contributed by atoms with Gasteiger partial charge in [0.25, 0.3) is 0 Å². The molecular weight excluding hydrogens is 232 g/mol. The van der Waals surface area contributed by atoms with Gasteiger partial charge in [-0.05, 0) is 38.5 Å². The Morgan fingerprint density at radius 2 is 1.17 bits per heavy atom. The summed E-state index contributed by atoms with van der Waals surface area (Å²) in [6.07, 6.45) is 11.5. The molecule has 0 fully saturated rings. The van der Waals surface area contributed by atoms with Gasteiger partial charge in [0, 0.05) is 12.2 Å². The molecule has 4 nitrogen and oxygen atoms in total. The lowest BCUT2D eigenvalue weighted by molar-refractivity contribution is -0.138. The lowest BCUT2D eigenvalue weighted by Crippen LogP contribution is -2.03. The van der Waals surface area contributed by atoms with Crippen LogP contribution in [0.4, 0.5) is 0 Å². The summed E-state index contributed by atoms with van der Waals surface area (Å²) in [5, 5.41) is 0. The first-order chi connectivity index (χ1) is 8.79. The summed E-state index contributed by atoms with van der Waals surface area (Å²) in [5.74, 6) is -0.548. The molecule has 0 unspecified atom stereocenters. The molecule has 0 spiro atoms. The van der Waals surface area contributed by atoms with E-state index >= 15 is 0 Å². The Morgan fingerprint density at radius 1 is 0.722 bits per heavy atom. The molecular formula is C14H20O4. The second-order valence-electron chi connectivity index (χ2n) is 4.13. The summed E-state index contributed by atoms with van der Waals surface area (Å²) in [6.45, 7) is 0.864. The number of cyclic esters (lactones) is 2. The van der Waals surface area contributed by atoms with Crippen molar-refractivity contribution in [1.29, 1.82) is 0 Å². The van der Waals surface area contributed by atoms with Crippen LogP contribution in [-0.2, 0) is 19.1 Å². The lowest BCUT2D eigenvalue weighted by atomic mass is 10.2. The summed E-state index contributed by atoms with van der Waals surface area (Å²) in [4.78, 5) is 22.5. The summed E-state index contributed by atoms with van der Waals surface area (Å²) >= 11 is 0. The smallest absolute Gasteiger partial charge is 0.330 e. The van der Waals surface area contributed by atoms with Gasteiger partial charge in [0.2, 0.25) is 0 Å². The molecule has 0 saturated heterocycles. The zero-order chi connectivity index (χ0) is 13.1. The highest BCUT2D eigenvalue weighted by Crippen LogP contribution is 2.01. The van der Waals surface area contributed by atoms with Crippen LogP contribution in [0.3, 0.4) is 0 Å². The van der Waals surface area contributed by atoms with Crippen LogP contribution < -0.4 is 0 Å². The van der Waals surface area contributed by atoms with Crippen LogP contribution in [-0.4, -0.2) is 25.2 Å². The number of allylic oxidation sites excluding steroid dienone is 2. The first-order valence-electron chi connectivity index (χ1n) is 6.45. The van der Waals surface area contributed by atoms with E-state index in [1.54, 1.807) is 12.2 Å². The molecule has 0 N–H and O–H groups in total. The molecule has 0 amide bonds. The van der Waals surface area contributed by atoms with Gasteiger partial charge in [0.15, 0.2) is 0 Å². The van der Waals surface area contributed by atoms with Crippen LogP contribution >= 0.6 is 0 Å². The number of hydrogen-bond acceptors (Lipinski definition) is 4. The quantitative estimate of drug-likeness (QED) is 0.622. The minimum Gasteiger partial charge on any atom is -0.463 e. The van der Waals surface area contributed by atoms with Gasteiger partial charge in [0.1, 0.15) is 0 Å². The van der Waals surface area contributed by atoms with Gasteiger partial charge < -0.3 is 9.47 Å². The van der Waals surface area contributed by atoms with E-state index in [0.29, 0.717) is 13.2 Å². The molecule has 18 heavy (non-hydrogen) atoms. The fourth-order valence-corrected chi connectivity index (χ4v) is 1.53. The van der Waals surface area contributed by atoms with E-state index in [9.17, 15) is 9.59 Å². The standard InChI is InChI=1S/C14H20O4/c15-13-9-5-1-3-7-11-17-14(16)10-6-2-4-8-12-18-13/h5-6,9-10H,1-4,7-8,11-12H2/b9-5+,10-6+. The highest BCUT2D eigenvalue weighted by atomic mass is 16.5. The molecule has 0 aromatic rings. The molecule has 0 aliphatic carbocycles. The van der Waals surface area contributed by atoms with Gasteiger partial charge in [-0.25, -0.2) is 9.59 Å². The molecule has 0 saturated carbocycles. The Balaban J connectivity index is 2.35. The van der Waals surface area contributed by atoms with E-state index in [-0.39, 0.29) is 11.9 Å². The molecule has 1 aliphatic heterocycles. The Bertz CT molecular complexity index is 286. The van der Waals surface area contributed by atoms with Crippen molar-refractivity contribution in [3.05, 3.63) is 24.3 Å². The maximum absolute atomic E-state index is 11.2. The van der Waals surface area contributed by atoms with Crippen LogP contribution in [0.25, 0.3) is 0 Å². The van der Waals surface area contributed by atoms with Gasteiger partial charge >= 0.3 is 11.9 Å². The highest BCUT2D eigenvalue weighted by molar-refractivity contribution is 5.82. The van der Waals surface area contributed by atoms with Crippen molar-refractivity contribution >= 4 is 11.9 Å². The van der Waals surface area contributed by atoms with E-state index in [2.05, 4.69) is 0 Å². The number of carbonyl (C=O) groups excluding carboxylic acids is 2. The zero-order valence-electron chi connectivity index (χ0n) is 10.6. The Labute approximate surface area is 108 Å². The second-order valence-corrected chi connectivity index (χ2v) is 4.13. The lowest BCUT2D eigenvalue weighted by Gasteiger charge is -2.02. The van der Waals surface area contributed by atoms with Gasteiger partial charge in [-0.2, -0.15) is 0 Å². The van der Waals surface area contributed by atoms with Crippen LogP contribution in [0.2, 0.25) is 0 Å². The molecule has 1 heterocycles. The fourth-order valence-electron chi connectivity index (χ4n) is 1.53. The molecule has 0 aromatic carbocycles. The molecule has 0 radical (unpaired) electrons. The average Bonchev–Trinajstić information content (AvgIpc) is 2.35. The minimum atomic E-state index is -0.274. The topological polar surface area (TPSA) is 52.6 Å². The number of esters is 2.